The molecule has 0 aliphatic carbocycles. The molecule has 18 heavy (non-hydrogen) atoms. The molecule has 1 aliphatic rings. The molecular weight excluding hydrogens is 230 g/mol. The maximum absolute atomic E-state index is 11.1. The summed E-state index contributed by atoms with van der Waals surface area (Å²) < 4.78 is 0. The average molecular weight is 249 g/mol. The minimum Gasteiger partial charge on any atom is -0.373 e. The Bertz CT molecular complexity index is 440. The van der Waals surface area contributed by atoms with Crippen LogP contribution in [0.2, 0.25) is 0 Å². The molecular formula is C12H19N5O. The first-order valence-electron chi connectivity index (χ1n) is 6.18. The van der Waals surface area contributed by atoms with E-state index in [2.05, 4.69) is 20.2 Å². The number of piperidine rings is 1. The molecule has 6 nitrogen and oxygen atoms in total. The van der Waals surface area contributed by atoms with Crippen molar-refractivity contribution in [1.29, 1.82) is 0 Å². The Morgan fingerprint density at radius 3 is 2.67 bits per heavy atom. The Balaban J connectivity index is 2.09. The van der Waals surface area contributed by atoms with Crippen molar-refractivity contribution in [2.75, 3.05) is 30.4 Å². The maximum Gasteiger partial charge on any atom is 0.220 e. The quantitative estimate of drug-likeness (QED) is 0.816. The lowest BCUT2D eigenvalue weighted by Gasteiger charge is -2.31. The van der Waals surface area contributed by atoms with Crippen molar-refractivity contribution in [1.82, 2.24) is 9.97 Å². The number of aromatic nitrogens is 2. The van der Waals surface area contributed by atoms with Crippen molar-refractivity contribution in [2.24, 2.45) is 11.7 Å². The van der Waals surface area contributed by atoms with Crippen molar-refractivity contribution in [2.45, 2.75) is 19.8 Å². The molecule has 0 radical (unpaired) electrons. The summed E-state index contributed by atoms with van der Waals surface area (Å²) in [6.07, 6.45) is 1.60. The third kappa shape index (κ3) is 2.69. The van der Waals surface area contributed by atoms with Gasteiger partial charge in [0.05, 0.1) is 0 Å². The molecule has 0 aromatic carbocycles. The van der Waals surface area contributed by atoms with E-state index in [0.717, 1.165) is 43.4 Å². The van der Waals surface area contributed by atoms with Crippen LogP contribution in [-0.2, 0) is 4.79 Å². The predicted molar refractivity (Wildman–Crippen MR) is 70.4 cm³/mol. The third-order valence-electron chi connectivity index (χ3n) is 3.30. The Hall–Kier alpha value is -1.85. The van der Waals surface area contributed by atoms with Crippen LogP contribution < -0.4 is 16.0 Å². The second-order valence-electron chi connectivity index (χ2n) is 4.57. The molecule has 6 heteroatoms. The fourth-order valence-electron chi connectivity index (χ4n) is 2.24. The molecule has 2 rings (SSSR count). The van der Waals surface area contributed by atoms with Gasteiger partial charge >= 0.3 is 0 Å². The summed E-state index contributed by atoms with van der Waals surface area (Å²) in [5.41, 5.74) is 5.33. The minimum absolute atomic E-state index is 0.00737. The molecule has 0 atom stereocenters. The standard InChI is InChI=1S/C12H19N5O/c1-8-15-10(14-2)7-11(16-8)17-5-3-9(4-6-17)12(13)18/h7,9H,3-6H2,1-2H3,(H2,13,18)(H,14,15,16). The first kappa shape index (κ1) is 12.6. The number of aryl methyl sites for hydroxylation is 1. The number of amides is 1. The van der Waals surface area contributed by atoms with Crippen molar-refractivity contribution in [3.8, 4) is 0 Å². The average Bonchev–Trinajstić information content (AvgIpc) is 2.38. The zero-order chi connectivity index (χ0) is 13.1. The number of hydrogen-bond acceptors (Lipinski definition) is 5. The maximum atomic E-state index is 11.1. The number of nitrogens with zero attached hydrogens (tertiary/aromatic N) is 3. The minimum atomic E-state index is -0.190. The molecule has 0 unspecified atom stereocenters. The van der Waals surface area contributed by atoms with Gasteiger partial charge in [0.1, 0.15) is 17.5 Å². The molecule has 1 fully saturated rings. The van der Waals surface area contributed by atoms with Gasteiger partial charge in [-0.3, -0.25) is 4.79 Å². The third-order valence-corrected chi connectivity index (χ3v) is 3.30. The van der Waals surface area contributed by atoms with Crippen LogP contribution in [0.25, 0.3) is 0 Å². The number of carbonyl (C=O) groups is 1. The highest BCUT2D eigenvalue weighted by Crippen LogP contribution is 2.23. The zero-order valence-electron chi connectivity index (χ0n) is 10.8. The zero-order valence-corrected chi connectivity index (χ0v) is 10.8. The molecule has 98 valence electrons. The van der Waals surface area contributed by atoms with Gasteiger partial charge in [-0.25, -0.2) is 9.97 Å². The molecule has 0 spiro atoms. The summed E-state index contributed by atoms with van der Waals surface area (Å²) in [6.45, 7) is 3.50. The first-order chi connectivity index (χ1) is 8.60. The fraction of sp³-hybridized carbons (Fsp3) is 0.583. The van der Waals surface area contributed by atoms with Gasteiger partial charge in [0, 0.05) is 32.1 Å². The van der Waals surface area contributed by atoms with Gasteiger partial charge in [0.25, 0.3) is 0 Å². The van der Waals surface area contributed by atoms with E-state index in [4.69, 9.17) is 5.73 Å². The first-order valence-corrected chi connectivity index (χ1v) is 6.18. The van der Waals surface area contributed by atoms with Crippen LogP contribution in [0, 0.1) is 12.8 Å². The summed E-state index contributed by atoms with van der Waals surface area (Å²) in [4.78, 5) is 22.0. The highest BCUT2D eigenvalue weighted by atomic mass is 16.1. The van der Waals surface area contributed by atoms with Gasteiger partial charge in [-0.15, -0.1) is 0 Å². The highest BCUT2D eigenvalue weighted by Gasteiger charge is 2.24. The molecule has 0 bridgehead atoms. The van der Waals surface area contributed by atoms with Crippen molar-refractivity contribution in [3.63, 3.8) is 0 Å². The summed E-state index contributed by atoms with van der Waals surface area (Å²) in [5.74, 6) is 2.29. The molecule has 1 aromatic rings. The number of nitrogens with two attached hydrogens (primary N) is 1. The molecule has 1 saturated heterocycles. The molecule has 2 heterocycles. The lowest BCUT2D eigenvalue weighted by Crippen LogP contribution is -2.39. The molecule has 3 N–H and O–H groups in total. The van der Waals surface area contributed by atoms with Crippen LogP contribution in [0.1, 0.15) is 18.7 Å². The number of carbonyl (C=O) groups excluding carboxylic acids is 1. The largest absolute Gasteiger partial charge is 0.373 e. The number of primary amides is 1. The van der Waals surface area contributed by atoms with Crippen LogP contribution >= 0.6 is 0 Å². The summed E-state index contributed by atoms with van der Waals surface area (Å²) in [5, 5.41) is 3.02. The van der Waals surface area contributed by atoms with Crippen LogP contribution in [-0.4, -0.2) is 36.0 Å². The number of nitrogens with one attached hydrogen (secondary N) is 1. The van der Waals surface area contributed by atoms with E-state index in [0.29, 0.717) is 0 Å². The summed E-state index contributed by atoms with van der Waals surface area (Å²) >= 11 is 0. The van der Waals surface area contributed by atoms with Crippen LogP contribution in [0.4, 0.5) is 11.6 Å². The van der Waals surface area contributed by atoms with Crippen LogP contribution in [0.15, 0.2) is 6.07 Å². The Morgan fingerprint density at radius 2 is 2.11 bits per heavy atom. The number of rotatable bonds is 3. The molecule has 1 amide bonds. The van der Waals surface area contributed by atoms with Gasteiger partial charge < -0.3 is 16.0 Å². The fourth-order valence-corrected chi connectivity index (χ4v) is 2.24. The number of hydrogen-bond donors (Lipinski definition) is 2. The van der Waals surface area contributed by atoms with E-state index >= 15 is 0 Å². The highest BCUT2D eigenvalue weighted by molar-refractivity contribution is 5.77. The van der Waals surface area contributed by atoms with Gasteiger partial charge in [-0.05, 0) is 19.8 Å². The normalized spacial score (nSPS) is 16.7. The molecule has 1 aromatic heterocycles. The van der Waals surface area contributed by atoms with Crippen molar-refractivity contribution < 1.29 is 4.79 Å². The summed E-state index contributed by atoms with van der Waals surface area (Å²) in [6, 6.07) is 1.93. The van der Waals surface area contributed by atoms with E-state index in [-0.39, 0.29) is 11.8 Å². The smallest absolute Gasteiger partial charge is 0.220 e. The van der Waals surface area contributed by atoms with Crippen molar-refractivity contribution in [3.05, 3.63) is 11.9 Å². The SMILES string of the molecule is CNc1cc(N2CCC(C(N)=O)CC2)nc(C)n1. The van der Waals surface area contributed by atoms with E-state index in [9.17, 15) is 4.79 Å². The molecule has 1 aliphatic heterocycles. The van der Waals surface area contributed by atoms with E-state index < -0.39 is 0 Å². The van der Waals surface area contributed by atoms with Crippen LogP contribution in [0.5, 0.6) is 0 Å². The summed E-state index contributed by atoms with van der Waals surface area (Å²) in [7, 11) is 1.84. The number of anilines is 2. The Kier molecular flexibility index (Phi) is 3.64. The molecule has 0 saturated carbocycles. The van der Waals surface area contributed by atoms with Gasteiger partial charge in [-0.1, -0.05) is 0 Å². The van der Waals surface area contributed by atoms with Crippen LogP contribution in [0.3, 0.4) is 0 Å². The van der Waals surface area contributed by atoms with E-state index in [1.54, 1.807) is 0 Å². The lowest BCUT2D eigenvalue weighted by atomic mass is 9.96. The van der Waals surface area contributed by atoms with E-state index in [1.165, 1.54) is 0 Å². The monoisotopic (exact) mass is 249 g/mol. The van der Waals surface area contributed by atoms with Gasteiger partial charge in [-0.2, -0.15) is 0 Å². The van der Waals surface area contributed by atoms with E-state index in [1.807, 2.05) is 20.0 Å². The Labute approximate surface area is 107 Å². The van der Waals surface area contributed by atoms with Gasteiger partial charge in [0.15, 0.2) is 0 Å². The lowest BCUT2D eigenvalue weighted by molar-refractivity contribution is -0.122. The predicted octanol–water partition coefficient (Wildman–Crippen LogP) is 0.528. The second kappa shape index (κ2) is 5.20. The second-order valence-corrected chi connectivity index (χ2v) is 4.57. The van der Waals surface area contributed by atoms with Crippen molar-refractivity contribution >= 4 is 17.5 Å². The topological polar surface area (TPSA) is 84.1 Å². The Morgan fingerprint density at radius 1 is 1.44 bits per heavy atom. The van der Waals surface area contributed by atoms with Gasteiger partial charge in [0.2, 0.25) is 5.91 Å².